The lowest BCUT2D eigenvalue weighted by Crippen LogP contribution is -2.54. The normalized spacial score (nSPS) is 47.8. The molecule has 0 aromatic carbocycles. The summed E-state index contributed by atoms with van der Waals surface area (Å²) in [6.45, 7) is 9.99. The van der Waals surface area contributed by atoms with E-state index in [2.05, 4.69) is 49.6 Å². The number of likely N-dealkylation sites (tertiary alicyclic amines) is 2. The molecule has 4 heteroatoms. The maximum atomic E-state index is 11.0. The Kier molecular flexibility index (Phi) is 4.94. The van der Waals surface area contributed by atoms with Crippen LogP contribution in [0.5, 0.6) is 0 Å². The summed E-state index contributed by atoms with van der Waals surface area (Å²) in [4.78, 5) is 4.52. The molecule has 2 fully saturated rings. The minimum atomic E-state index is -0.992. The molecule has 2 rings (SSSR count). The van der Waals surface area contributed by atoms with Crippen LogP contribution in [-0.4, -0.2) is 70.5 Å². The van der Waals surface area contributed by atoms with Gasteiger partial charge in [0.15, 0.2) is 0 Å². The SMILES string of the molecule is C[C@@H]1CN(C)[C@@H](C)C[C@@]1(O)C#C[C@]1(O)C[C@H](C)N(C)C[C@@H]1C. The Balaban J connectivity index is 2.20. The molecule has 2 aliphatic heterocycles. The topological polar surface area (TPSA) is 46.9 Å². The second kappa shape index (κ2) is 6.13. The molecule has 0 saturated carbocycles. The van der Waals surface area contributed by atoms with Crippen molar-refractivity contribution in [3.63, 3.8) is 0 Å². The smallest absolute Gasteiger partial charge is 0.130 e. The monoisotopic (exact) mass is 308 g/mol. The zero-order chi connectivity index (χ0) is 16.7. The number of piperidine rings is 2. The molecular weight excluding hydrogens is 276 g/mol. The van der Waals surface area contributed by atoms with E-state index in [0.29, 0.717) is 24.9 Å². The molecular formula is C18H32N2O2. The lowest BCUT2D eigenvalue weighted by atomic mass is 9.76. The van der Waals surface area contributed by atoms with Crippen LogP contribution in [0.25, 0.3) is 0 Å². The van der Waals surface area contributed by atoms with Gasteiger partial charge < -0.3 is 20.0 Å². The third-order valence-corrected chi connectivity index (χ3v) is 5.97. The fourth-order valence-corrected chi connectivity index (χ4v) is 3.71. The molecule has 126 valence electrons. The summed E-state index contributed by atoms with van der Waals surface area (Å²) >= 11 is 0. The summed E-state index contributed by atoms with van der Waals surface area (Å²) < 4.78 is 0. The fourth-order valence-electron chi connectivity index (χ4n) is 3.71. The highest BCUT2D eigenvalue weighted by Crippen LogP contribution is 2.33. The van der Waals surface area contributed by atoms with Crippen molar-refractivity contribution in [2.75, 3.05) is 27.2 Å². The molecule has 2 heterocycles. The van der Waals surface area contributed by atoms with Crippen LogP contribution in [0.4, 0.5) is 0 Å². The van der Waals surface area contributed by atoms with E-state index < -0.39 is 11.2 Å². The lowest BCUT2D eigenvalue weighted by molar-refractivity contribution is -0.0432. The lowest BCUT2D eigenvalue weighted by Gasteiger charge is -2.44. The number of hydrogen-bond donors (Lipinski definition) is 2. The molecule has 2 saturated heterocycles. The number of nitrogens with zero attached hydrogens (tertiary/aromatic N) is 2. The fraction of sp³-hybridized carbons (Fsp3) is 0.889. The highest BCUT2D eigenvalue weighted by atomic mass is 16.3. The molecule has 0 aromatic rings. The minimum Gasteiger partial charge on any atom is -0.377 e. The van der Waals surface area contributed by atoms with E-state index in [1.165, 1.54) is 0 Å². The van der Waals surface area contributed by atoms with Crippen LogP contribution in [0.15, 0.2) is 0 Å². The highest BCUT2D eigenvalue weighted by molar-refractivity contribution is 5.26. The summed E-state index contributed by atoms with van der Waals surface area (Å²) in [5, 5.41) is 21.9. The molecule has 6 atom stereocenters. The van der Waals surface area contributed by atoms with Gasteiger partial charge in [0.05, 0.1) is 0 Å². The van der Waals surface area contributed by atoms with Gasteiger partial charge in [0.25, 0.3) is 0 Å². The van der Waals surface area contributed by atoms with E-state index in [9.17, 15) is 10.2 Å². The summed E-state index contributed by atoms with van der Waals surface area (Å²) in [6.07, 6.45) is 1.27. The third kappa shape index (κ3) is 3.33. The molecule has 0 bridgehead atoms. The van der Waals surface area contributed by atoms with Crippen LogP contribution in [0.1, 0.15) is 40.5 Å². The zero-order valence-electron chi connectivity index (χ0n) is 14.9. The molecule has 22 heavy (non-hydrogen) atoms. The zero-order valence-corrected chi connectivity index (χ0v) is 14.9. The van der Waals surface area contributed by atoms with Crippen molar-refractivity contribution in [2.45, 2.75) is 63.8 Å². The van der Waals surface area contributed by atoms with E-state index in [1.807, 2.05) is 13.8 Å². The largest absolute Gasteiger partial charge is 0.377 e. The van der Waals surface area contributed by atoms with Gasteiger partial charge in [0.2, 0.25) is 0 Å². The quantitative estimate of drug-likeness (QED) is 0.660. The minimum absolute atomic E-state index is 0.0868. The van der Waals surface area contributed by atoms with E-state index in [4.69, 9.17) is 0 Å². The van der Waals surface area contributed by atoms with Gasteiger partial charge in [0.1, 0.15) is 11.2 Å². The van der Waals surface area contributed by atoms with Crippen LogP contribution in [0.3, 0.4) is 0 Å². The Labute approximate surface area is 135 Å². The molecule has 0 radical (unpaired) electrons. The van der Waals surface area contributed by atoms with Crippen LogP contribution < -0.4 is 0 Å². The van der Waals surface area contributed by atoms with Gasteiger partial charge in [-0.2, -0.15) is 0 Å². The average molecular weight is 308 g/mol. The summed E-state index contributed by atoms with van der Waals surface area (Å²) in [5.41, 5.74) is -1.98. The van der Waals surface area contributed by atoms with E-state index in [1.54, 1.807) is 0 Å². The summed E-state index contributed by atoms with van der Waals surface area (Å²) in [6, 6.07) is 0.609. The summed E-state index contributed by atoms with van der Waals surface area (Å²) in [5.74, 6) is 6.34. The molecule has 0 unspecified atom stereocenters. The van der Waals surface area contributed by atoms with E-state index >= 15 is 0 Å². The van der Waals surface area contributed by atoms with Gasteiger partial charge in [-0.25, -0.2) is 0 Å². The average Bonchev–Trinajstić information content (AvgIpc) is 2.42. The Morgan fingerprint density at radius 3 is 1.41 bits per heavy atom. The molecule has 4 nitrogen and oxygen atoms in total. The molecule has 0 spiro atoms. The first kappa shape index (κ1) is 17.7. The van der Waals surface area contributed by atoms with Crippen molar-refractivity contribution >= 4 is 0 Å². The molecule has 0 aromatic heterocycles. The molecule has 2 N–H and O–H groups in total. The first-order valence-electron chi connectivity index (χ1n) is 8.47. The van der Waals surface area contributed by atoms with Crippen molar-refractivity contribution in [1.29, 1.82) is 0 Å². The Bertz CT molecular complexity index is 431. The maximum absolute atomic E-state index is 11.0. The van der Waals surface area contributed by atoms with Gasteiger partial charge in [0, 0.05) is 49.9 Å². The predicted octanol–water partition coefficient (Wildman–Crippen LogP) is 1.17. The van der Waals surface area contributed by atoms with Gasteiger partial charge >= 0.3 is 0 Å². The van der Waals surface area contributed by atoms with Gasteiger partial charge in [-0.05, 0) is 27.9 Å². The molecule has 0 amide bonds. The van der Waals surface area contributed by atoms with Crippen LogP contribution in [0.2, 0.25) is 0 Å². The first-order chi connectivity index (χ1) is 10.1. The van der Waals surface area contributed by atoms with Gasteiger partial charge in [-0.3, -0.25) is 0 Å². The number of aliphatic hydroxyl groups is 2. The Morgan fingerprint density at radius 1 is 0.773 bits per heavy atom. The van der Waals surface area contributed by atoms with Crippen molar-refractivity contribution in [1.82, 2.24) is 9.80 Å². The van der Waals surface area contributed by atoms with Crippen molar-refractivity contribution in [3.8, 4) is 11.8 Å². The van der Waals surface area contributed by atoms with Gasteiger partial charge in [-0.1, -0.05) is 25.7 Å². The Morgan fingerprint density at radius 2 is 1.09 bits per heavy atom. The standard InChI is InChI=1S/C18H32N2O2/c1-13-11-19(5)15(3)9-17(13,21)7-8-18(22)10-16(4)20(6)12-14(18)2/h13-16,21-22H,9-12H2,1-6H3/t13-,14+,15-,16-,17-,18-/m0/s1. The van der Waals surface area contributed by atoms with Gasteiger partial charge in [-0.15, -0.1) is 0 Å². The number of rotatable bonds is 0. The number of hydrogen-bond acceptors (Lipinski definition) is 4. The molecule has 0 aliphatic carbocycles. The maximum Gasteiger partial charge on any atom is 0.130 e. The van der Waals surface area contributed by atoms with Crippen molar-refractivity contribution in [2.24, 2.45) is 11.8 Å². The van der Waals surface area contributed by atoms with Crippen LogP contribution in [-0.2, 0) is 0 Å². The third-order valence-electron chi connectivity index (χ3n) is 5.97. The summed E-state index contributed by atoms with van der Waals surface area (Å²) in [7, 11) is 4.17. The van der Waals surface area contributed by atoms with Crippen molar-refractivity contribution < 1.29 is 10.2 Å². The second-order valence-corrected chi connectivity index (χ2v) is 7.89. The second-order valence-electron chi connectivity index (χ2n) is 7.89. The van der Waals surface area contributed by atoms with Crippen LogP contribution >= 0.6 is 0 Å². The van der Waals surface area contributed by atoms with E-state index in [-0.39, 0.29) is 11.8 Å². The van der Waals surface area contributed by atoms with Crippen LogP contribution in [0, 0.1) is 23.7 Å². The van der Waals surface area contributed by atoms with E-state index in [0.717, 1.165) is 13.1 Å². The highest BCUT2D eigenvalue weighted by Gasteiger charge is 2.43. The van der Waals surface area contributed by atoms with Crippen molar-refractivity contribution in [3.05, 3.63) is 0 Å². The molecule has 2 aliphatic rings. The predicted molar refractivity (Wildman–Crippen MR) is 89.4 cm³/mol. The Hall–Kier alpha value is -0.600. The first-order valence-corrected chi connectivity index (χ1v) is 8.47.